The molecule has 2 atom stereocenters. The van der Waals surface area contributed by atoms with Crippen molar-refractivity contribution in [3.05, 3.63) is 47.0 Å². The molecule has 19 heavy (non-hydrogen) atoms. The van der Waals surface area contributed by atoms with E-state index < -0.39 is 12.3 Å². The van der Waals surface area contributed by atoms with Gasteiger partial charge in [0.2, 0.25) is 6.23 Å². The molecule has 1 N–H and O–H groups in total. The molecule has 1 heterocycles. The third-order valence-electron chi connectivity index (χ3n) is 3.01. The molecule has 0 saturated carbocycles. The monoisotopic (exact) mass is 263 g/mol. The van der Waals surface area contributed by atoms with Crippen molar-refractivity contribution in [3.63, 3.8) is 0 Å². The van der Waals surface area contributed by atoms with Crippen LogP contribution in [0.3, 0.4) is 0 Å². The van der Waals surface area contributed by atoms with Gasteiger partial charge < -0.3 is 4.74 Å². The third-order valence-corrected chi connectivity index (χ3v) is 3.01. The minimum absolute atomic E-state index is 0.149. The van der Waals surface area contributed by atoms with Crippen LogP contribution in [-0.2, 0) is 14.3 Å². The Labute approximate surface area is 110 Å². The van der Waals surface area contributed by atoms with Gasteiger partial charge in [0.05, 0.1) is 11.6 Å². The molecule has 0 bridgehead atoms. The van der Waals surface area contributed by atoms with Gasteiger partial charge in [0.1, 0.15) is 11.6 Å². The molecular formula is C14H14FNO3. The number of allylic oxidation sites excluding steroid dienone is 1. The number of ketones is 1. The van der Waals surface area contributed by atoms with E-state index in [0.29, 0.717) is 23.2 Å². The molecule has 1 aromatic rings. The first-order valence-corrected chi connectivity index (χ1v) is 5.88. The molecular weight excluding hydrogens is 249 g/mol. The van der Waals surface area contributed by atoms with Crippen LogP contribution in [0, 0.1) is 5.82 Å². The van der Waals surface area contributed by atoms with Crippen LogP contribution in [0.15, 0.2) is 35.6 Å². The van der Waals surface area contributed by atoms with Crippen molar-refractivity contribution in [1.29, 1.82) is 0 Å². The lowest BCUT2D eigenvalue weighted by Gasteiger charge is -2.31. The highest BCUT2D eigenvalue weighted by Crippen LogP contribution is 2.30. The Hall–Kier alpha value is -2.01. The molecule has 0 radical (unpaired) electrons. The van der Waals surface area contributed by atoms with Crippen molar-refractivity contribution in [1.82, 2.24) is 5.32 Å². The molecule has 0 fully saturated rings. The topological polar surface area (TPSA) is 55.4 Å². The summed E-state index contributed by atoms with van der Waals surface area (Å²) in [7, 11) is 0. The van der Waals surface area contributed by atoms with E-state index in [1.54, 1.807) is 19.1 Å². The molecule has 2 unspecified atom stereocenters. The Morgan fingerprint density at radius 3 is 2.53 bits per heavy atom. The van der Waals surface area contributed by atoms with Gasteiger partial charge in [-0.25, -0.2) is 4.39 Å². The van der Waals surface area contributed by atoms with Crippen LogP contribution >= 0.6 is 0 Å². The Morgan fingerprint density at radius 1 is 1.37 bits per heavy atom. The largest absolute Gasteiger partial charge is 0.472 e. The van der Waals surface area contributed by atoms with E-state index in [1.165, 1.54) is 19.1 Å². The minimum atomic E-state index is -0.807. The predicted molar refractivity (Wildman–Crippen MR) is 66.6 cm³/mol. The van der Waals surface area contributed by atoms with Crippen LogP contribution in [0.4, 0.5) is 4.39 Å². The Bertz CT molecular complexity index is 536. The summed E-state index contributed by atoms with van der Waals surface area (Å²) in [5.41, 5.74) is 1.16. The Morgan fingerprint density at radius 2 is 2.00 bits per heavy atom. The van der Waals surface area contributed by atoms with E-state index in [2.05, 4.69) is 5.32 Å². The Balaban J connectivity index is 2.45. The highest BCUT2D eigenvalue weighted by Gasteiger charge is 2.31. The van der Waals surface area contributed by atoms with Gasteiger partial charge in [0.15, 0.2) is 12.1 Å². The van der Waals surface area contributed by atoms with Crippen molar-refractivity contribution in [2.75, 3.05) is 0 Å². The average Bonchev–Trinajstić information content (AvgIpc) is 2.38. The molecule has 1 aliphatic rings. The van der Waals surface area contributed by atoms with Crippen LogP contribution in [0.1, 0.15) is 25.5 Å². The quantitative estimate of drug-likeness (QED) is 0.846. The molecule has 2 rings (SSSR count). The van der Waals surface area contributed by atoms with E-state index in [0.717, 1.165) is 0 Å². The molecule has 100 valence electrons. The van der Waals surface area contributed by atoms with Crippen molar-refractivity contribution in [2.24, 2.45) is 0 Å². The van der Waals surface area contributed by atoms with Crippen LogP contribution < -0.4 is 5.32 Å². The normalized spacial score (nSPS) is 22.9. The van der Waals surface area contributed by atoms with Gasteiger partial charge in [-0.3, -0.25) is 14.9 Å². The zero-order valence-electron chi connectivity index (χ0n) is 10.6. The summed E-state index contributed by atoms with van der Waals surface area (Å²) in [6.07, 6.45) is -0.185. The molecule has 4 nitrogen and oxygen atoms in total. The smallest absolute Gasteiger partial charge is 0.206 e. The van der Waals surface area contributed by atoms with E-state index in [-0.39, 0.29) is 11.6 Å². The second-order valence-electron chi connectivity index (χ2n) is 4.35. The number of benzene rings is 1. The van der Waals surface area contributed by atoms with Gasteiger partial charge in [0.25, 0.3) is 0 Å². The van der Waals surface area contributed by atoms with Crippen molar-refractivity contribution in [3.8, 4) is 0 Å². The third kappa shape index (κ3) is 2.71. The van der Waals surface area contributed by atoms with E-state index in [4.69, 9.17) is 4.74 Å². The summed E-state index contributed by atoms with van der Waals surface area (Å²) in [6, 6.07) is 5.32. The summed E-state index contributed by atoms with van der Waals surface area (Å²) >= 11 is 0. The number of aldehydes is 1. The lowest BCUT2D eigenvalue weighted by molar-refractivity contribution is -0.121. The molecule has 0 aliphatic carbocycles. The molecule has 0 aromatic heterocycles. The highest BCUT2D eigenvalue weighted by molar-refractivity contribution is 5.95. The zero-order valence-corrected chi connectivity index (χ0v) is 10.6. The standard InChI is InChI=1S/C14H14FNO3/c1-8(18)13-9(2)19-12(7-17)16-14(13)10-3-5-11(15)6-4-10/h3-7,12,14,16H,1-2H3. The van der Waals surface area contributed by atoms with Crippen molar-refractivity contribution >= 4 is 12.1 Å². The van der Waals surface area contributed by atoms with Gasteiger partial charge in [-0.1, -0.05) is 12.1 Å². The lowest BCUT2D eigenvalue weighted by Crippen LogP contribution is -2.42. The maximum absolute atomic E-state index is 12.9. The fraction of sp³-hybridized carbons (Fsp3) is 0.286. The fourth-order valence-electron chi connectivity index (χ4n) is 2.18. The maximum Gasteiger partial charge on any atom is 0.206 e. The lowest BCUT2D eigenvalue weighted by atomic mass is 9.94. The number of carbonyl (C=O) groups is 2. The average molecular weight is 263 g/mol. The summed E-state index contributed by atoms with van der Waals surface area (Å²) in [5.74, 6) is -0.0887. The molecule has 5 heteroatoms. The number of nitrogens with one attached hydrogen (secondary N) is 1. The SMILES string of the molecule is CC(=O)C1=C(C)OC(C=O)NC1c1ccc(F)cc1. The van der Waals surface area contributed by atoms with Gasteiger partial charge in [0, 0.05) is 0 Å². The van der Waals surface area contributed by atoms with Crippen LogP contribution in [-0.4, -0.2) is 18.3 Å². The van der Waals surface area contributed by atoms with E-state index >= 15 is 0 Å². The first kappa shape index (κ1) is 13.4. The second kappa shape index (κ2) is 5.32. The molecule has 1 aromatic carbocycles. The number of Topliss-reactive ketones (excluding diaryl/α,β-unsaturated/α-hetero) is 1. The minimum Gasteiger partial charge on any atom is -0.472 e. The predicted octanol–water partition coefficient (Wildman–Crippen LogP) is 1.87. The summed E-state index contributed by atoms with van der Waals surface area (Å²) in [5, 5.41) is 2.91. The van der Waals surface area contributed by atoms with E-state index in [1.807, 2.05) is 0 Å². The summed E-state index contributed by atoms with van der Waals surface area (Å²) in [4.78, 5) is 22.6. The highest BCUT2D eigenvalue weighted by atomic mass is 19.1. The van der Waals surface area contributed by atoms with Crippen LogP contribution in [0.25, 0.3) is 0 Å². The number of hydrogen-bond acceptors (Lipinski definition) is 4. The number of rotatable bonds is 3. The molecule has 0 amide bonds. The van der Waals surface area contributed by atoms with Gasteiger partial charge in [-0.15, -0.1) is 0 Å². The van der Waals surface area contributed by atoms with E-state index in [9.17, 15) is 14.0 Å². The molecule has 0 saturated heterocycles. The molecule has 1 aliphatic heterocycles. The number of halogens is 1. The van der Waals surface area contributed by atoms with Gasteiger partial charge in [-0.2, -0.15) is 0 Å². The second-order valence-corrected chi connectivity index (χ2v) is 4.35. The Kier molecular flexibility index (Phi) is 3.76. The first-order valence-electron chi connectivity index (χ1n) is 5.88. The van der Waals surface area contributed by atoms with Gasteiger partial charge >= 0.3 is 0 Å². The fourth-order valence-corrected chi connectivity index (χ4v) is 2.18. The first-order chi connectivity index (χ1) is 9.02. The van der Waals surface area contributed by atoms with Crippen molar-refractivity contribution < 1.29 is 18.7 Å². The summed E-state index contributed by atoms with van der Waals surface area (Å²) < 4.78 is 18.2. The maximum atomic E-state index is 12.9. The number of hydrogen-bond donors (Lipinski definition) is 1. The zero-order chi connectivity index (χ0) is 14.0. The molecule has 0 spiro atoms. The van der Waals surface area contributed by atoms with Crippen LogP contribution in [0.5, 0.6) is 0 Å². The van der Waals surface area contributed by atoms with Gasteiger partial charge in [-0.05, 0) is 31.5 Å². The van der Waals surface area contributed by atoms with Crippen LogP contribution in [0.2, 0.25) is 0 Å². The summed E-state index contributed by atoms with van der Waals surface area (Å²) in [6.45, 7) is 3.08. The van der Waals surface area contributed by atoms with Crippen molar-refractivity contribution in [2.45, 2.75) is 26.1 Å². The number of carbonyl (C=O) groups excluding carboxylic acids is 2. The number of ether oxygens (including phenoxy) is 1.